The summed E-state index contributed by atoms with van der Waals surface area (Å²) in [5.74, 6) is 1.63. The monoisotopic (exact) mass is 407 g/mol. The molecule has 3 rings (SSSR count). The van der Waals surface area contributed by atoms with Crippen LogP contribution >= 0.6 is 34.9 Å². The van der Waals surface area contributed by atoms with Gasteiger partial charge in [0.2, 0.25) is 5.91 Å². The first-order chi connectivity index (χ1) is 12.6. The molecule has 0 aliphatic carbocycles. The number of hydrogen-bond donors (Lipinski definition) is 1. The molecule has 1 atom stereocenters. The summed E-state index contributed by atoms with van der Waals surface area (Å²) in [6, 6.07) is 8.15. The molecule has 2 heterocycles. The van der Waals surface area contributed by atoms with Crippen LogP contribution in [0.15, 0.2) is 33.8 Å². The number of benzene rings is 1. The lowest BCUT2D eigenvalue weighted by Crippen LogP contribution is -2.30. The standard InChI is InChI=1S/C17H21N5OS3/c1-4-18-15(23)11(3)25-16-21-20-14(22(16)5-2)10-24-17-19-12-8-6-7-9-13(12)26-17/h6-9,11H,4-5,10H2,1-3H3,(H,18,23)/t11-/m1/s1. The van der Waals surface area contributed by atoms with E-state index in [-0.39, 0.29) is 11.2 Å². The zero-order valence-electron chi connectivity index (χ0n) is 14.9. The first-order valence-corrected chi connectivity index (χ1v) is 11.1. The van der Waals surface area contributed by atoms with E-state index in [1.165, 1.54) is 16.5 Å². The maximum Gasteiger partial charge on any atom is 0.233 e. The van der Waals surface area contributed by atoms with Crippen molar-refractivity contribution in [2.24, 2.45) is 0 Å². The first kappa shape index (κ1) is 19.2. The van der Waals surface area contributed by atoms with Gasteiger partial charge in [-0.2, -0.15) is 0 Å². The molecule has 1 aromatic carbocycles. The van der Waals surface area contributed by atoms with Crippen molar-refractivity contribution in [1.82, 2.24) is 25.1 Å². The number of carbonyl (C=O) groups is 1. The number of thiazole rings is 1. The molecule has 6 nitrogen and oxygen atoms in total. The van der Waals surface area contributed by atoms with E-state index in [0.717, 1.165) is 27.4 Å². The van der Waals surface area contributed by atoms with Crippen molar-refractivity contribution in [3.05, 3.63) is 30.1 Å². The zero-order valence-corrected chi connectivity index (χ0v) is 17.4. The lowest BCUT2D eigenvalue weighted by molar-refractivity contribution is -0.120. The summed E-state index contributed by atoms with van der Waals surface area (Å²) >= 11 is 4.81. The molecule has 1 N–H and O–H groups in total. The van der Waals surface area contributed by atoms with Crippen LogP contribution in [0.4, 0.5) is 0 Å². The van der Waals surface area contributed by atoms with Crippen LogP contribution in [0.5, 0.6) is 0 Å². The summed E-state index contributed by atoms with van der Waals surface area (Å²) in [6.07, 6.45) is 0. The van der Waals surface area contributed by atoms with Crippen LogP contribution in [-0.2, 0) is 17.1 Å². The number of para-hydroxylation sites is 1. The summed E-state index contributed by atoms with van der Waals surface area (Å²) in [5.41, 5.74) is 1.03. The Labute approximate surface area is 165 Å². The molecule has 1 amide bonds. The molecule has 2 aromatic heterocycles. The van der Waals surface area contributed by atoms with E-state index in [4.69, 9.17) is 0 Å². The van der Waals surface area contributed by atoms with Gasteiger partial charge in [-0.1, -0.05) is 35.7 Å². The maximum atomic E-state index is 11.9. The molecule has 26 heavy (non-hydrogen) atoms. The predicted molar refractivity (Wildman–Crippen MR) is 109 cm³/mol. The minimum absolute atomic E-state index is 0.0218. The number of thioether (sulfide) groups is 2. The van der Waals surface area contributed by atoms with E-state index in [0.29, 0.717) is 12.3 Å². The van der Waals surface area contributed by atoms with E-state index in [9.17, 15) is 4.79 Å². The largest absolute Gasteiger partial charge is 0.355 e. The highest BCUT2D eigenvalue weighted by Gasteiger charge is 2.19. The summed E-state index contributed by atoms with van der Waals surface area (Å²) in [6.45, 7) is 7.28. The molecule has 138 valence electrons. The third kappa shape index (κ3) is 4.39. The van der Waals surface area contributed by atoms with Gasteiger partial charge in [-0.15, -0.1) is 21.5 Å². The normalized spacial score (nSPS) is 12.4. The smallest absolute Gasteiger partial charge is 0.233 e. The van der Waals surface area contributed by atoms with E-state index in [1.807, 2.05) is 32.0 Å². The average Bonchev–Trinajstić information content (AvgIpc) is 3.22. The molecular weight excluding hydrogens is 386 g/mol. The van der Waals surface area contributed by atoms with Crippen LogP contribution in [0.25, 0.3) is 10.2 Å². The molecule has 0 fully saturated rings. The van der Waals surface area contributed by atoms with Crippen LogP contribution in [0.2, 0.25) is 0 Å². The number of aromatic nitrogens is 4. The third-order valence-corrected chi connectivity index (χ3v) is 6.97. The van der Waals surface area contributed by atoms with Crippen LogP contribution in [0.3, 0.4) is 0 Å². The molecule has 0 saturated carbocycles. The Morgan fingerprint density at radius 3 is 2.85 bits per heavy atom. The minimum atomic E-state index is -0.200. The van der Waals surface area contributed by atoms with Crippen LogP contribution in [-0.4, -0.2) is 37.5 Å². The molecule has 0 aliphatic heterocycles. The highest BCUT2D eigenvalue weighted by atomic mass is 32.2. The van der Waals surface area contributed by atoms with Crippen molar-refractivity contribution in [3.63, 3.8) is 0 Å². The fourth-order valence-corrected chi connectivity index (χ4v) is 5.36. The fraction of sp³-hybridized carbons (Fsp3) is 0.412. The Bertz CT molecular complexity index is 859. The number of carbonyl (C=O) groups excluding carboxylic acids is 1. The van der Waals surface area contributed by atoms with E-state index < -0.39 is 0 Å². The summed E-state index contributed by atoms with van der Waals surface area (Å²) in [4.78, 5) is 16.6. The quantitative estimate of drug-likeness (QED) is 0.572. The second-order valence-electron chi connectivity index (χ2n) is 5.53. The van der Waals surface area contributed by atoms with Gasteiger partial charge in [-0.05, 0) is 32.9 Å². The average molecular weight is 408 g/mol. The lowest BCUT2D eigenvalue weighted by atomic mass is 10.3. The van der Waals surface area contributed by atoms with Crippen LogP contribution in [0, 0.1) is 0 Å². The Hall–Kier alpha value is -1.58. The van der Waals surface area contributed by atoms with Gasteiger partial charge in [0.05, 0.1) is 21.2 Å². The molecule has 9 heteroatoms. The lowest BCUT2D eigenvalue weighted by Gasteiger charge is -2.11. The Morgan fingerprint density at radius 1 is 1.31 bits per heavy atom. The zero-order chi connectivity index (χ0) is 18.5. The van der Waals surface area contributed by atoms with Crippen LogP contribution < -0.4 is 5.32 Å². The molecule has 0 spiro atoms. The Balaban J connectivity index is 1.68. The highest BCUT2D eigenvalue weighted by Crippen LogP contribution is 2.32. The Morgan fingerprint density at radius 2 is 2.12 bits per heavy atom. The summed E-state index contributed by atoms with van der Waals surface area (Å²) in [5, 5.41) is 12.0. The molecule has 0 radical (unpaired) electrons. The van der Waals surface area contributed by atoms with Gasteiger partial charge < -0.3 is 9.88 Å². The summed E-state index contributed by atoms with van der Waals surface area (Å²) in [7, 11) is 0. The van der Waals surface area contributed by atoms with Crippen molar-refractivity contribution in [2.75, 3.05) is 6.54 Å². The van der Waals surface area contributed by atoms with Crippen LogP contribution in [0.1, 0.15) is 26.6 Å². The van der Waals surface area contributed by atoms with Gasteiger partial charge in [0.1, 0.15) is 5.82 Å². The van der Waals surface area contributed by atoms with E-state index >= 15 is 0 Å². The van der Waals surface area contributed by atoms with Crippen molar-refractivity contribution >= 4 is 51.0 Å². The van der Waals surface area contributed by atoms with Crippen molar-refractivity contribution < 1.29 is 4.79 Å². The van der Waals surface area contributed by atoms with Crippen molar-refractivity contribution in [2.45, 2.75) is 47.8 Å². The maximum absolute atomic E-state index is 11.9. The Kier molecular flexibility index (Phi) is 6.55. The van der Waals surface area contributed by atoms with Gasteiger partial charge in [-0.25, -0.2) is 4.98 Å². The molecule has 0 saturated heterocycles. The van der Waals surface area contributed by atoms with Gasteiger partial charge in [0.25, 0.3) is 0 Å². The molecule has 3 aromatic rings. The SMILES string of the molecule is CCNC(=O)[C@@H](C)Sc1nnc(CSc2nc3ccccc3s2)n1CC. The fourth-order valence-electron chi connectivity index (χ4n) is 2.40. The van der Waals surface area contributed by atoms with Gasteiger partial charge >= 0.3 is 0 Å². The van der Waals surface area contributed by atoms with Gasteiger partial charge in [0.15, 0.2) is 9.50 Å². The number of hydrogen-bond acceptors (Lipinski definition) is 7. The van der Waals surface area contributed by atoms with Gasteiger partial charge in [0, 0.05) is 13.1 Å². The minimum Gasteiger partial charge on any atom is -0.355 e. The molecule has 0 unspecified atom stereocenters. The van der Waals surface area contributed by atoms with E-state index in [2.05, 4.69) is 38.1 Å². The molecular formula is C17H21N5OS3. The number of rotatable bonds is 8. The number of amides is 1. The molecule has 0 aliphatic rings. The first-order valence-electron chi connectivity index (χ1n) is 8.47. The predicted octanol–water partition coefficient (Wildman–Crippen LogP) is 3.82. The number of nitrogens with one attached hydrogen (secondary N) is 1. The third-order valence-electron chi connectivity index (χ3n) is 3.71. The second kappa shape index (κ2) is 8.88. The highest BCUT2D eigenvalue weighted by molar-refractivity contribution is 8.00. The van der Waals surface area contributed by atoms with Crippen molar-refractivity contribution in [3.8, 4) is 0 Å². The van der Waals surface area contributed by atoms with E-state index in [1.54, 1.807) is 23.1 Å². The number of nitrogens with zero attached hydrogens (tertiary/aromatic N) is 4. The second-order valence-corrected chi connectivity index (χ2v) is 9.09. The topological polar surface area (TPSA) is 72.7 Å². The number of fused-ring (bicyclic) bond motifs is 1. The van der Waals surface area contributed by atoms with Gasteiger partial charge in [-0.3, -0.25) is 4.79 Å². The summed E-state index contributed by atoms with van der Waals surface area (Å²) < 4.78 is 4.29. The van der Waals surface area contributed by atoms with Crippen molar-refractivity contribution in [1.29, 1.82) is 0 Å². The molecule has 0 bridgehead atoms.